The average Bonchev–Trinajstić information content (AvgIpc) is 3.38. The molecular weight excluding hydrogens is 384 g/mol. The molecule has 0 bridgehead atoms. The standard InChI is InChI=1S/C32H18/c1-2-8-19(9-3-1)20-16-17-25-28(18-20)24-13-7-15-26-29-22-11-5-4-10-21(22)23-12-6-14-27(30(23)29)32(25)31(24)26/h1-18H. The molecule has 0 fully saturated rings. The zero-order valence-electron chi connectivity index (χ0n) is 17.4. The molecular formula is C32H18. The number of benzene rings is 6. The Kier molecular flexibility index (Phi) is 2.97. The lowest BCUT2D eigenvalue weighted by Gasteiger charge is -2.07. The number of fused-ring (bicyclic) bond motifs is 8. The van der Waals surface area contributed by atoms with E-state index in [4.69, 9.17) is 0 Å². The normalized spacial score (nSPS) is 12.4. The molecule has 0 nitrogen and oxygen atoms in total. The van der Waals surface area contributed by atoms with Crippen LogP contribution in [0, 0.1) is 0 Å². The molecule has 0 saturated carbocycles. The Morgan fingerprint density at radius 2 is 0.719 bits per heavy atom. The Morgan fingerprint density at radius 3 is 1.38 bits per heavy atom. The van der Waals surface area contributed by atoms with Crippen molar-refractivity contribution < 1.29 is 0 Å². The van der Waals surface area contributed by atoms with Gasteiger partial charge in [-0.3, -0.25) is 0 Å². The van der Waals surface area contributed by atoms with Crippen LogP contribution in [0.1, 0.15) is 0 Å². The molecule has 146 valence electrons. The minimum atomic E-state index is 1.27. The summed E-state index contributed by atoms with van der Waals surface area (Å²) in [6, 6.07) is 40.3. The van der Waals surface area contributed by atoms with Gasteiger partial charge in [0.05, 0.1) is 0 Å². The summed E-state index contributed by atoms with van der Waals surface area (Å²) in [5.74, 6) is 0. The summed E-state index contributed by atoms with van der Waals surface area (Å²) in [6.45, 7) is 0. The summed E-state index contributed by atoms with van der Waals surface area (Å²) in [5, 5.41) is 16.5. The van der Waals surface area contributed by atoms with E-state index in [1.165, 1.54) is 75.8 Å². The van der Waals surface area contributed by atoms with Crippen molar-refractivity contribution in [2.24, 2.45) is 0 Å². The largest absolute Gasteiger partial charge is 0.0622 e. The molecule has 8 aromatic rings. The summed E-state index contributed by atoms with van der Waals surface area (Å²) in [4.78, 5) is 0. The van der Waals surface area contributed by atoms with E-state index in [9.17, 15) is 0 Å². The third kappa shape index (κ3) is 1.89. The lowest BCUT2D eigenvalue weighted by molar-refractivity contribution is 1.66. The fraction of sp³-hybridized carbons (Fsp3) is 0. The molecule has 0 heteroatoms. The van der Waals surface area contributed by atoms with E-state index in [2.05, 4.69) is 109 Å². The number of rotatable bonds is 1. The van der Waals surface area contributed by atoms with Crippen LogP contribution in [0.25, 0.3) is 75.8 Å². The van der Waals surface area contributed by atoms with Gasteiger partial charge in [-0.1, -0.05) is 103 Å². The minimum absolute atomic E-state index is 1.27. The Bertz CT molecular complexity index is 1960. The predicted molar refractivity (Wildman–Crippen MR) is 139 cm³/mol. The van der Waals surface area contributed by atoms with Crippen molar-refractivity contribution in [3.63, 3.8) is 0 Å². The maximum atomic E-state index is 2.38. The number of hydrogen-bond donors (Lipinski definition) is 0. The van der Waals surface area contributed by atoms with Crippen LogP contribution in [0.2, 0.25) is 0 Å². The molecule has 0 aliphatic rings. The SMILES string of the molecule is c1ccc(-c2ccc3c(c2)c2cccc4c5c6ccccc6c6cccc(c65)c3c24)cc1. The van der Waals surface area contributed by atoms with Crippen molar-refractivity contribution >= 4 is 64.6 Å². The molecule has 0 radical (unpaired) electrons. The topological polar surface area (TPSA) is 0 Å². The van der Waals surface area contributed by atoms with Crippen molar-refractivity contribution in [1.29, 1.82) is 0 Å². The van der Waals surface area contributed by atoms with Crippen molar-refractivity contribution in [2.75, 3.05) is 0 Å². The van der Waals surface area contributed by atoms with Crippen LogP contribution < -0.4 is 0 Å². The average molecular weight is 402 g/mol. The molecule has 32 heavy (non-hydrogen) atoms. The molecule has 8 rings (SSSR count). The van der Waals surface area contributed by atoms with Crippen LogP contribution in [-0.4, -0.2) is 0 Å². The highest BCUT2D eigenvalue weighted by Gasteiger charge is 2.21. The zero-order chi connectivity index (χ0) is 20.8. The van der Waals surface area contributed by atoms with E-state index in [1.807, 2.05) is 0 Å². The summed E-state index contributed by atoms with van der Waals surface area (Å²) < 4.78 is 0. The molecule has 0 unspecified atom stereocenters. The smallest absolute Gasteiger partial charge is 0.00137 e. The molecule has 0 aliphatic heterocycles. The molecule has 0 N–H and O–H groups in total. The molecule has 0 saturated heterocycles. The second kappa shape index (κ2) is 5.75. The fourth-order valence-electron chi connectivity index (χ4n) is 6.07. The maximum Gasteiger partial charge on any atom is -0.00137 e. The van der Waals surface area contributed by atoms with Crippen molar-refractivity contribution in [3.05, 3.63) is 109 Å². The summed E-state index contributed by atoms with van der Waals surface area (Å²) in [5.41, 5.74) is 2.54. The van der Waals surface area contributed by atoms with Crippen molar-refractivity contribution in [3.8, 4) is 11.1 Å². The predicted octanol–water partition coefficient (Wildman–Crippen LogP) is 9.15. The Morgan fingerprint density at radius 1 is 0.250 bits per heavy atom. The summed E-state index contributed by atoms with van der Waals surface area (Å²) >= 11 is 0. The lowest BCUT2D eigenvalue weighted by Crippen LogP contribution is -1.79. The monoisotopic (exact) mass is 402 g/mol. The Labute approximate surface area is 185 Å². The van der Waals surface area contributed by atoms with Gasteiger partial charge in [0, 0.05) is 0 Å². The van der Waals surface area contributed by atoms with Gasteiger partial charge < -0.3 is 0 Å². The van der Waals surface area contributed by atoms with Gasteiger partial charge in [-0.15, -0.1) is 0 Å². The second-order valence-corrected chi connectivity index (χ2v) is 8.88. The van der Waals surface area contributed by atoms with E-state index >= 15 is 0 Å². The third-order valence-corrected chi connectivity index (χ3v) is 7.34. The van der Waals surface area contributed by atoms with Crippen LogP contribution >= 0.6 is 0 Å². The van der Waals surface area contributed by atoms with Gasteiger partial charge in [-0.2, -0.15) is 0 Å². The minimum Gasteiger partial charge on any atom is -0.0622 e. The molecule has 0 aromatic heterocycles. The second-order valence-electron chi connectivity index (χ2n) is 8.88. The van der Waals surface area contributed by atoms with Gasteiger partial charge in [0.2, 0.25) is 0 Å². The molecule has 0 heterocycles. The highest BCUT2D eigenvalue weighted by molar-refractivity contribution is 6.47. The van der Waals surface area contributed by atoms with Gasteiger partial charge in [-0.05, 0) is 81.8 Å². The van der Waals surface area contributed by atoms with Crippen LogP contribution in [0.5, 0.6) is 0 Å². The van der Waals surface area contributed by atoms with E-state index < -0.39 is 0 Å². The van der Waals surface area contributed by atoms with E-state index in [-0.39, 0.29) is 0 Å². The Balaban J connectivity index is 1.66. The highest BCUT2D eigenvalue weighted by Crippen LogP contribution is 2.50. The molecule has 0 amide bonds. The van der Waals surface area contributed by atoms with E-state index in [1.54, 1.807) is 0 Å². The van der Waals surface area contributed by atoms with Crippen LogP contribution in [0.3, 0.4) is 0 Å². The first kappa shape index (κ1) is 16.5. The van der Waals surface area contributed by atoms with Gasteiger partial charge in [0.25, 0.3) is 0 Å². The lowest BCUT2D eigenvalue weighted by atomic mass is 9.95. The third-order valence-electron chi connectivity index (χ3n) is 7.34. The first-order valence-electron chi connectivity index (χ1n) is 11.2. The van der Waals surface area contributed by atoms with E-state index in [0.29, 0.717) is 0 Å². The Hall–Kier alpha value is -4.16. The number of hydrogen-bond acceptors (Lipinski definition) is 0. The van der Waals surface area contributed by atoms with Crippen LogP contribution in [-0.2, 0) is 0 Å². The fourth-order valence-corrected chi connectivity index (χ4v) is 6.07. The molecule has 0 atom stereocenters. The molecule has 0 aliphatic carbocycles. The van der Waals surface area contributed by atoms with E-state index in [0.717, 1.165) is 0 Å². The van der Waals surface area contributed by atoms with Gasteiger partial charge >= 0.3 is 0 Å². The molecule has 0 spiro atoms. The van der Waals surface area contributed by atoms with Gasteiger partial charge in [0.15, 0.2) is 0 Å². The summed E-state index contributed by atoms with van der Waals surface area (Å²) in [7, 11) is 0. The molecule has 8 aromatic carbocycles. The van der Waals surface area contributed by atoms with Gasteiger partial charge in [-0.25, -0.2) is 0 Å². The summed E-state index contributed by atoms with van der Waals surface area (Å²) in [6.07, 6.45) is 0. The quantitative estimate of drug-likeness (QED) is 0.240. The maximum absolute atomic E-state index is 2.38. The zero-order valence-corrected chi connectivity index (χ0v) is 17.4. The van der Waals surface area contributed by atoms with Gasteiger partial charge in [0.1, 0.15) is 0 Å². The first-order chi connectivity index (χ1) is 15.9. The highest BCUT2D eigenvalue weighted by atomic mass is 14.2. The van der Waals surface area contributed by atoms with Crippen LogP contribution in [0.15, 0.2) is 109 Å². The van der Waals surface area contributed by atoms with Crippen molar-refractivity contribution in [2.45, 2.75) is 0 Å². The van der Waals surface area contributed by atoms with Crippen LogP contribution in [0.4, 0.5) is 0 Å². The first-order valence-corrected chi connectivity index (χ1v) is 11.2. The van der Waals surface area contributed by atoms with Crippen molar-refractivity contribution in [1.82, 2.24) is 0 Å².